The maximum absolute atomic E-state index is 14.5. The van der Waals surface area contributed by atoms with Gasteiger partial charge in [-0.1, -0.05) is 142 Å². The molecule has 2 saturated heterocycles. The van der Waals surface area contributed by atoms with Gasteiger partial charge in [-0.25, -0.2) is 0 Å². The standard InChI is InChI=1S/C49H50BNO7Si/c1-49(2,3)59(39-21-9-5-10-22-39,40-23-11-6-12-24-40)58-31-36-29-41-46(48(54)51(47(41)53)38-20-15-19-37(30-38)50(55)56)42-32-57-44(45(36)42)27-26-34(33-16-7-4-8-17-33)28-35-18-13-14-25-43(35)52/h4-25,28,30,41-42,44,46,52,55-56H,26-27,29,31-32H2,1-3H3/b34-28-/t41-,42+,44-,46-/m1/s1. The monoisotopic (exact) mass is 803 g/mol. The molecule has 2 aliphatic heterocycles. The van der Waals surface area contributed by atoms with E-state index in [4.69, 9.17) is 9.16 Å². The van der Waals surface area contributed by atoms with Gasteiger partial charge in [-0.05, 0) is 86.7 Å². The van der Waals surface area contributed by atoms with Crippen LogP contribution in [0.1, 0.15) is 51.2 Å². The summed E-state index contributed by atoms with van der Waals surface area (Å²) in [7, 11) is -4.74. The quantitative estimate of drug-likeness (QED) is 0.0572. The normalized spacial score (nSPS) is 20.8. The predicted octanol–water partition coefficient (Wildman–Crippen LogP) is 6.49. The minimum absolute atomic E-state index is 0.200. The van der Waals surface area contributed by atoms with E-state index in [9.17, 15) is 24.7 Å². The lowest BCUT2D eigenvalue weighted by atomic mass is 9.69. The highest BCUT2D eigenvalue weighted by atomic mass is 28.4. The molecule has 300 valence electrons. The molecule has 4 atom stereocenters. The van der Waals surface area contributed by atoms with Crippen LogP contribution in [-0.4, -0.2) is 61.7 Å². The van der Waals surface area contributed by atoms with Gasteiger partial charge >= 0.3 is 7.12 Å². The number of allylic oxidation sites excluding steroid dienone is 1. The molecule has 2 heterocycles. The van der Waals surface area contributed by atoms with Gasteiger partial charge in [0.1, 0.15) is 5.75 Å². The van der Waals surface area contributed by atoms with Gasteiger partial charge in [-0.3, -0.25) is 14.5 Å². The molecule has 3 N–H and O–H groups in total. The lowest BCUT2D eigenvalue weighted by Gasteiger charge is -2.44. The summed E-state index contributed by atoms with van der Waals surface area (Å²) in [6.45, 7) is 7.29. The molecular formula is C49H50BNO7Si. The number of aromatic hydroxyl groups is 1. The van der Waals surface area contributed by atoms with Gasteiger partial charge in [0.15, 0.2) is 0 Å². The van der Waals surface area contributed by atoms with Crippen molar-refractivity contribution in [3.05, 3.63) is 162 Å². The van der Waals surface area contributed by atoms with E-state index in [0.717, 1.165) is 38.2 Å². The maximum atomic E-state index is 14.5. The zero-order valence-corrected chi connectivity index (χ0v) is 34.7. The Balaban J connectivity index is 1.20. The second kappa shape index (κ2) is 16.7. The molecule has 1 aliphatic carbocycles. The van der Waals surface area contributed by atoms with E-state index in [1.807, 2.05) is 54.6 Å². The number of para-hydroxylation sites is 1. The summed E-state index contributed by atoms with van der Waals surface area (Å²) < 4.78 is 14.2. The fourth-order valence-corrected chi connectivity index (χ4v) is 14.2. The first-order chi connectivity index (χ1) is 28.5. The lowest BCUT2D eigenvalue weighted by Crippen LogP contribution is -2.66. The van der Waals surface area contributed by atoms with Gasteiger partial charge in [0.25, 0.3) is 8.32 Å². The molecule has 0 radical (unpaired) electrons. The van der Waals surface area contributed by atoms with E-state index in [1.54, 1.807) is 24.3 Å². The summed E-state index contributed by atoms with van der Waals surface area (Å²) in [6.07, 6.45) is 3.29. The van der Waals surface area contributed by atoms with Crippen molar-refractivity contribution in [3.8, 4) is 5.75 Å². The average molecular weight is 804 g/mol. The van der Waals surface area contributed by atoms with E-state index < -0.39 is 27.3 Å². The van der Waals surface area contributed by atoms with Gasteiger partial charge in [0.05, 0.1) is 36.8 Å². The van der Waals surface area contributed by atoms with Crippen molar-refractivity contribution in [1.29, 1.82) is 0 Å². The number of amides is 2. The second-order valence-electron chi connectivity index (χ2n) is 16.9. The van der Waals surface area contributed by atoms with Crippen molar-refractivity contribution in [1.82, 2.24) is 0 Å². The molecule has 8 rings (SSSR count). The Labute approximate surface area is 347 Å². The Morgan fingerprint density at radius 1 is 0.814 bits per heavy atom. The van der Waals surface area contributed by atoms with Crippen LogP contribution >= 0.6 is 0 Å². The minimum atomic E-state index is -2.99. The number of fused-ring (bicyclic) bond motifs is 3. The molecule has 59 heavy (non-hydrogen) atoms. The summed E-state index contributed by atoms with van der Waals surface area (Å²) in [5, 5.41) is 32.6. The number of nitrogens with zero attached hydrogens (tertiary/aromatic N) is 1. The fraction of sp³-hybridized carbons (Fsp3) is 0.265. The first kappa shape index (κ1) is 40.4. The van der Waals surface area contributed by atoms with Crippen LogP contribution in [0.3, 0.4) is 0 Å². The molecule has 0 aromatic heterocycles. The third-order valence-corrected chi connectivity index (χ3v) is 17.4. The first-order valence-corrected chi connectivity index (χ1v) is 22.3. The van der Waals surface area contributed by atoms with Crippen LogP contribution in [-0.2, 0) is 18.8 Å². The van der Waals surface area contributed by atoms with Gasteiger partial charge in [0, 0.05) is 11.5 Å². The molecule has 2 amide bonds. The van der Waals surface area contributed by atoms with Crippen molar-refractivity contribution >= 4 is 60.4 Å². The van der Waals surface area contributed by atoms with Crippen LogP contribution in [0.25, 0.3) is 11.6 Å². The number of ether oxygens (including phenoxy) is 1. The van der Waals surface area contributed by atoms with Gasteiger partial charge < -0.3 is 24.3 Å². The summed E-state index contributed by atoms with van der Waals surface area (Å²) in [5.74, 6) is -1.99. The van der Waals surface area contributed by atoms with Crippen LogP contribution in [0.15, 0.2) is 151 Å². The number of carbonyl (C=O) groups excluding carboxylic acids is 2. The Morgan fingerprint density at radius 3 is 2.07 bits per heavy atom. The zero-order valence-electron chi connectivity index (χ0n) is 33.7. The highest BCUT2D eigenvalue weighted by Crippen LogP contribution is 2.51. The topological polar surface area (TPSA) is 117 Å². The van der Waals surface area contributed by atoms with Crippen LogP contribution in [0.5, 0.6) is 5.75 Å². The number of anilines is 1. The third-order valence-electron chi connectivity index (χ3n) is 12.4. The Morgan fingerprint density at radius 2 is 1.44 bits per heavy atom. The SMILES string of the molecule is CC(C)(C)[Si](OCC1=C2[C@@H](CC/C(=C/c3ccccc3O)c3ccccc3)OC[C@@H]2[C@@H]2C(=O)N(c3cccc(B(O)O)c3)C(=O)[C@@H]2C1)(c1ccccc1)c1ccccc1. The molecule has 8 nitrogen and oxygen atoms in total. The fourth-order valence-electron chi connectivity index (χ4n) is 9.68. The first-order valence-electron chi connectivity index (χ1n) is 20.4. The number of carbonyl (C=O) groups is 2. The molecule has 10 heteroatoms. The van der Waals surface area contributed by atoms with Gasteiger partial charge in [-0.15, -0.1) is 0 Å². The van der Waals surface area contributed by atoms with Gasteiger partial charge in [0.2, 0.25) is 11.8 Å². The zero-order chi connectivity index (χ0) is 41.3. The summed E-state index contributed by atoms with van der Waals surface area (Å²) in [5.41, 5.74) is 5.38. The van der Waals surface area contributed by atoms with Gasteiger partial charge in [-0.2, -0.15) is 0 Å². The summed E-state index contributed by atoms with van der Waals surface area (Å²) >= 11 is 0. The van der Waals surface area contributed by atoms with Crippen molar-refractivity contribution in [3.63, 3.8) is 0 Å². The van der Waals surface area contributed by atoms with E-state index in [2.05, 4.69) is 81.4 Å². The largest absolute Gasteiger partial charge is 0.507 e. The van der Waals surface area contributed by atoms with E-state index >= 15 is 0 Å². The Bertz CT molecular complexity index is 2340. The molecule has 0 unspecified atom stereocenters. The Kier molecular flexibility index (Phi) is 11.5. The highest BCUT2D eigenvalue weighted by Gasteiger charge is 2.58. The molecule has 5 aromatic rings. The van der Waals surface area contributed by atoms with Crippen molar-refractivity contribution in [2.24, 2.45) is 17.8 Å². The van der Waals surface area contributed by atoms with E-state index in [-0.39, 0.29) is 53.3 Å². The molecule has 0 spiro atoms. The predicted molar refractivity (Wildman–Crippen MR) is 236 cm³/mol. The molecule has 0 saturated carbocycles. The molecular weight excluding hydrogens is 753 g/mol. The second-order valence-corrected chi connectivity index (χ2v) is 21.2. The van der Waals surface area contributed by atoms with Crippen LogP contribution in [0.2, 0.25) is 5.04 Å². The lowest BCUT2D eigenvalue weighted by molar-refractivity contribution is -0.122. The smallest absolute Gasteiger partial charge is 0.488 e. The van der Waals surface area contributed by atoms with Crippen molar-refractivity contribution in [2.75, 3.05) is 18.1 Å². The maximum Gasteiger partial charge on any atom is 0.488 e. The molecule has 3 aliphatic rings. The number of phenolic OH excluding ortho intramolecular Hbond substituents is 1. The van der Waals surface area contributed by atoms with Crippen LogP contribution in [0, 0.1) is 17.8 Å². The van der Waals surface area contributed by atoms with Crippen molar-refractivity contribution < 1.29 is 33.9 Å². The average Bonchev–Trinajstić information content (AvgIpc) is 3.78. The molecule has 0 bridgehead atoms. The van der Waals surface area contributed by atoms with E-state index in [1.165, 1.54) is 11.0 Å². The number of hydrogen-bond donors (Lipinski definition) is 3. The van der Waals surface area contributed by atoms with E-state index in [0.29, 0.717) is 24.9 Å². The minimum Gasteiger partial charge on any atom is -0.507 e. The van der Waals surface area contributed by atoms with Crippen molar-refractivity contribution in [2.45, 2.75) is 51.2 Å². The molecule has 5 aromatic carbocycles. The van der Waals surface area contributed by atoms with Crippen LogP contribution in [0.4, 0.5) is 5.69 Å². The number of hydrogen-bond acceptors (Lipinski definition) is 7. The number of phenols is 1. The Hall–Kier alpha value is -5.36. The summed E-state index contributed by atoms with van der Waals surface area (Å²) in [4.78, 5) is 30.3. The summed E-state index contributed by atoms with van der Waals surface area (Å²) in [6, 6.07) is 44.7. The number of rotatable bonds is 12. The third kappa shape index (κ3) is 7.67. The molecule has 2 fully saturated rings. The number of benzene rings is 5. The van der Waals surface area contributed by atoms with Crippen LogP contribution < -0.4 is 20.7 Å². The number of imide groups is 1. The highest BCUT2D eigenvalue weighted by molar-refractivity contribution is 6.99.